The van der Waals surface area contributed by atoms with Gasteiger partial charge in [-0.1, -0.05) is 37.1 Å². The lowest BCUT2D eigenvalue weighted by Crippen LogP contribution is -2.45. The van der Waals surface area contributed by atoms with E-state index in [1.54, 1.807) is 0 Å². The van der Waals surface area contributed by atoms with Crippen molar-refractivity contribution < 1.29 is 0 Å². The smallest absolute Gasteiger partial charge is 0.0351 e. The second kappa shape index (κ2) is 6.25. The topological polar surface area (TPSA) is 41.3 Å². The van der Waals surface area contributed by atoms with Crippen LogP contribution in [0.3, 0.4) is 0 Å². The van der Waals surface area contributed by atoms with Crippen molar-refractivity contribution in [2.45, 2.75) is 38.3 Å². The van der Waals surface area contributed by atoms with Crippen molar-refractivity contribution in [1.29, 1.82) is 0 Å². The third-order valence-corrected chi connectivity index (χ3v) is 4.69. The van der Waals surface area contributed by atoms with Crippen molar-refractivity contribution in [3.63, 3.8) is 0 Å². The highest BCUT2D eigenvalue weighted by molar-refractivity contribution is 5.27. The molecule has 2 aliphatic rings. The van der Waals surface area contributed by atoms with E-state index in [9.17, 15) is 0 Å². The summed E-state index contributed by atoms with van der Waals surface area (Å²) in [5.41, 5.74) is 8.67. The highest BCUT2D eigenvalue weighted by Crippen LogP contribution is 2.40. The number of nitrogens with zero attached hydrogens (tertiary/aromatic N) is 1. The molecule has 2 atom stereocenters. The van der Waals surface area contributed by atoms with E-state index in [1.807, 2.05) is 6.92 Å². The Morgan fingerprint density at radius 1 is 1.15 bits per heavy atom. The largest absolute Gasteiger partial charge is 0.324 e. The molecule has 1 heterocycles. The van der Waals surface area contributed by atoms with Gasteiger partial charge in [0.25, 0.3) is 0 Å². The Labute approximate surface area is 122 Å². The normalized spacial score (nSPS) is 23.5. The Kier molecular flexibility index (Phi) is 4.39. The summed E-state index contributed by atoms with van der Waals surface area (Å²) < 4.78 is 0. The lowest BCUT2D eigenvalue weighted by atomic mass is 9.96. The fourth-order valence-electron chi connectivity index (χ4n) is 3.18. The summed E-state index contributed by atoms with van der Waals surface area (Å²) >= 11 is 0. The third-order valence-electron chi connectivity index (χ3n) is 4.69. The summed E-state index contributed by atoms with van der Waals surface area (Å²) in [6.07, 6.45) is 4.19. The van der Waals surface area contributed by atoms with Gasteiger partial charge in [-0.15, -0.1) is 0 Å². The van der Waals surface area contributed by atoms with Crippen molar-refractivity contribution in [1.82, 2.24) is 10.2 Å². The maximum Gasteiger partial charge on any atom is 0.0351 e. The Balaban J connectivity index is 1.76. The summed E-state index contributed by atoms with van der Waals surface area (Å²) in [6.45, 7) is 6.64. The average molecular weight is 273 g/mol. The van der Waals surface area contributed by atoms with Gasteiger partial charge in [0.05, 0.1) is 0 Å². The number of piperazine rings is 1. The van der Waals surface area contributed by atoms with E-state index < -0.39 is 0 Å². The van der Waals surface area contributed by atoms with Gasteiger partial charge in [-0.3, -0.25) is 4.90 Å². The number of hydrogen-bond donors (Lipinski definition) is 2. The monoisotopic (exact) mass is 273 g/mol. The summed E-state index contributed by atoms with van der Waals surface area (Å²) in [7, 11) is 0. The molecule has 0 radical (unpaired) electrons. The molecule has 2 unspecified atom stereocenters. The second-order valence-corrected chi connectivity index (χ2v) is 6.44. The minimum absolute atomic E-state index is 0.130. The molecule has 0 spiro atoms. The van der Waals surface area contributed by atoms with Crippen LogP contribution in [0.15, 0.2) is 24.3 Å². The summed E-state index contributed by atoms with van der Waals surface area (Å²) in [4.78, 5) is 2.66. The van der Waals surface area contributed by atoms with Gasteiger partial charge in [0.1, 0.15) is 0 Å². The Morgan fingerprint density at radius 3 is 2.30 bits per heavy atom. The van der Waals surface area contributed by atoms with Gasteiger partial charge in [0.2, 0.25) is 0 Å². The maximum absolute atomic E-state index is 5.95. The third kappa shape index (κ3) is 3.40. The predicted molar refractivity (Wildman–Crippen MR) is 83.6 cm³/mol. The number of nitrogens with two attached hydrogens (primary N) is 1. The minimum atomic E-state index is 0.130. The molecule has 20 heavy (non-hydrogen) atoms. The van der Waals surface area contributed by atoms with Crippen LogP contribution in [0.2, 0.25) is 0 Å². The van der Waals surface area contributed by atoms with Gasteiger partial charge in [-0.05, 0) is 30.4 Å². The molecule has 110 valence electrons. The number of benzene rings is 1. The Hall–Kier alpha value is -0.900. The van der Waals surface area contributed by atoms with Crippen LogP contribution in [0, 0.1) is 5.92 Å². The standard InChI is InChI=1S/C17H27N3/c1-13(18)15-4-6-16(7-5-15)17(12-14-2-3-14)20-10-8-19-9-11-20/h4-7,13-14,17,19H,2-3,8-12,18H2,1H3. The molecule has 3 nitrogen and oxygen atoms in total. The van der Waals surface area contributed by atoms with Gasteiger partial charge < -0.3 is 11.1 Å². The summed E-state index contributed by atoms with van der Waals surface area (Å²) in [5, 5.41) is 3.46. The fourth-order valence-corrected chi connectivity index (χ4v) is 3.18. The maximum atomic E-state index is 5.95. The molecule has 3 rings (SSSR count). The van der Waals surface area contributed by atoms with E-state index in [1.165, 1.54) is 43.5 Å². The molecule has 0 bridgehead atoms. The average Bonchev–Trinajstić information content (AvgIpc) is 3.30. The first-order chi connectivity index (χ1) is 9.74. The number of hydrogen-bond acceptors (Lipinski definition) is 3. The highest BCUT2D eigenvalue weighted by atomic mass is 15.2. The minimum Gasteiger partial charge on any atom is -0.324 e. The zero-order valence-corrected chi connectivity index (χ0v) is 12.5. The molecular formula is C17H27N3. The van der Waals surface area contributed by atoms with Gasteiger partial charge in [0.15, 0.2) is 0 Å². The van der Waals surface area contributed by atoms with Gasteiger partial charge in [0, 0.05) is 38.3 Å². The zero-order valence-electron chi connectivity index (χ0n) is 12.5. The molecule has 3 heteroatoms. The SMILES string of the molecule is CC(N)c1ccc(C(CC2CC2)N2CCNCC2)cc1. The van der Waals surface area contributed by atoms with Gasteiger partial charge >= 0.3 is 0 Å². The van der Waals surface area contributed by atoms with E-state index >= 15 is 0 Å². The van der Waals surface area contributed by atoms with Gasteiger partial charge in [-0.2, -0.15) is 0 Å². The molecule has 3 N–H and O–H groups in total. The van der Waals surface area contributed by atoms with Crippen LogP contribution in [-0.4, -0.2) is 31.1 Å². The van der Waals surface area contributed by atoms with Crippen LogP contribution in [-0.2, 0) is 0 Å². The fraction of sp³-hybridized carbons (Fsp3) is 0.647. The van der Waals surface area contributed by atoms with E-state index in [0.717, 1.165) is 19.0 Å². The van der Waals surface area contributed by atoms with E-state index in [4.69, 9.17) is 5.73 Å². The molecule has 1 aliphatic carbocycles. The predicted octanol–water partition coefficient (Wildman–Crippen LogP) is 2.45. The molecule has 1 aromatic rings. The van der Waals surface area contributed by atoms with Crippen molar-refractivity contribution in [2.75, 3.05) is 26.2 Å². The van der Waals surface area contributed by atoms with Crippen LogP contribution in [0.5, 0.6) is 0 Å². The van der Waals surface area contributed by atoms with Crippen molar-refractivity contribution >= 4 is 0 Å². The number of nitrogens with one attached hydrogen (secondary N) is 1. The van der Waals surface area contributed by atoms with Crippen molar-refractivity contribution in [3.05, 3.63) is 35.4 Å². The first-order valence-corrected chi connectivity index (χ1v) is 8.04. The van der Waals surface area contributed by atoms with E-state index in [-0.39, 0.29) is 6.04 Å². The molecular weight excluding hydrogens is 246 g/mol. The summed E-state index contributed by atoms with van der Waals surface area (Å²) in [6, 6.07) is 9.75. The lowest BCUT2D eigenvalue weighted by molar-refractivity contribution is 0.160. The van der Waals surface area contributed by atoms with Crippen LogP contribution < -0.4 is 11.1 Å². The second-order valence-electron chi connectivity index (χ2n) is 6.44. The van der Waals surface area contributed by atoms with Gasteiger partial charge in [-0.25, -0.2) is 0 Å². The Morgan fingerprint density at radius 2 is 1.75 bits per heavy atom. The first kappa shape index (κ1) is 14.1. The Bertz CT molecular complexity index is 416. The van der Waals surface area contributed by atoms with E-state index in [0.29, 0.717) is 6.04 Å². The molecule has 0 aromatic heterocycles. The molecule has 1 aromatic carbocycles. The molecule has 0 amide bonds. The molecule has 2 fully saturated rings. The van der Waals surface area contributed by atoms with Crippen molar-refractivity contribution in [3.8, 4) is 0 Å². The number of rotatable bonds is 5. The van der Waals surface area contributed by atoms with Crippen LogP contribution in [0.1, 0.15) is 49.4 Å². The highest BCUT2D eigenvalue weighted by Gasteiger charge is 2.30. The van der Waals surface area contributed by atoms with Crippen LogP contribution >= 0.6 is 0 Å². The van der Waals surface area contributed by atoms with Crippen LogP contribution in [0.4, 0.5) is 0 Å². The molecule has 1 aliphatic heterocycles. The van der Waals surface area contributed by atoms with Crippen LogP contribution in [0.25, 0.3) is 0 Å². The lowest BCUT2D eigenvalue weighted by Gasteiger charge is -2.35. The quantitative estimate of drug-likeness (QED) is 0.866. The van der Waals surface area contributed by atoms with Crippen molar-refractivity contribution in [2.24, 2.45) is 11.7 Å². The summed E-state index contributed by atoms with van der Waals surface area (Å²) in [5.74, 6) is 0.961. The zero-order chi connectivity index (χ0) is 13.9. The first-order valence-electron chi connectivity index (χ1n) is 8.04. The molecule has 1 saturated carbocycles. The molecule has 1 saturated heterocycles. The van der Waals surface area contributed by atoms with E-state index in [2.05, 4.69) is 34.5 Å².